The highest BCUT2D eigenvalue weighted by Crippen LogP contribution is 2.28. The average molecular weight is 219 g/mol. The van der Waals surface area contributed by atoms with Crippen molar-refractivity contribution in [2.75, 3.05) is 23.4 Å². The van der Waals surface area contributed by atoms with Gasteiger partial charge < -0.3 is 16.4 Å². The van der Waals surface area contributed by atoms with Gasteiger partial charge in [0.1, 0.15) is 0 Å². The number of rotatable bonds is 2. The Bertz CT molecular complexity index is 356. The van der Waals surface area contributed by atoms with Crippen molar-refractivity contribution in [3.8, 4) is 0 Å². The summed E-state index contributed by atoms with van der Waals surface area (Å²) in [7, 11) is 2.15. The lowest BCUT2D eigenvalue weighted by atomic mass is 9.94. The highest BCUT2D eigenvalue weighted by atomic mass is 15.1. The number of benzene rings is 1. The first kappa shape index (κ1) is 11.1. The number of hydrogen-bond acceptors (Lipinski definition) is 3. The largest absolute Gasteiger partial charge is 0.397 e. The van der Waals surface area contributed by atoms with Crippen molar-refractivity contribution >= 4 is 17.1 Å². The van der Waals surface area contributed by atoms with E-state index in [1.807, 2.05) is 12.1 Å². The third-order valence-electron chi connectivity index (χ3n) is 3.60. The van der Waals surface area contributed by atoms with Gasteiger partial charge in [-0.2, -0.15) is 0 Å². The molecule has 0 heterocycles. The van der Waals surface area contributed by atoms with Gasteiger partial charge in [0.2, 0.25) is 0 Å². The Labute approximate surface area is 97.4 Å². The van der Waals surface area contributed by atoms with Crippen molar-refractivity contribution in [2.24, 2.45) is 0 Å². The van der Waals surface area contributed by atoms with Crippen molar-refractivity contribution in [2.45, 2.75) is 38.1 Å². The fraction of sp³-hybridized carbons (Fsp3) is 0.538. The van der Waals surface area contributed by atoms with Crippen molar-refractivity contribution < 1.29 is 0 Å². The van der Waals surface area contributed by atoms with Gasteiger partial charge in [-0.05, 0) is 31.0 Å². The van der Waals surface area contributed by atoms with Crippen LogP contribution in [0, 0.1) is 0 Å². The maximum atomic E-state index is 5.84. The minimum atomic E-state index is 0.664. The van der Waals surface area contributed by atoms with Crippen LogP contribution in [0.25, 0.3) is 0 Å². The summed E-state index contributed by atoms with van der Waals surface area (Å²) >= 11 is 0. The first-order valence-electron chi connectivity index (χ1n) is 6.06. The molecule has 0 aromatic heterocycles. The minimum Gasteiger partial charge on any atom is -0.397 e. The van der Waals surface area contributed by atoms with Gasteiger partial charge in [0.25, 0.3) is 0 Å². The Hall–Kier alpha value is -1.38. The third kappa shape index (κ3) is 2.23. The fourth-order valence-electron chi connectivity index (χ4n) is 2.46. The molecule has 1 aromatic rings. The molecule has 1 saturated carbocycles. The smallest absolute Gasteiger partial charge is 0.0568 e. The second-order valence-electron chi connectivity index (χ2n) is 4.72. The standard InChI is InChI=1S/C13H21N3/c1-16(10-5-3-2-4-6-10)11-7-8-12(14)13(15)9-11/h7-10H,2-6,14-15H2,1H3. The summed E-state index contributed by atoms with van der Waals surface area (Å²) in [6, 6.07) is 6.59. The second kappa shape index (κ2) is 4.64. The minimum absolute atomic E-state index is 0.664. The van der Waals surface area contributed by atoms with Crippen LogP contribution in [0.1, 0.15) is 32.1 Å². The average Bonchev–Trinajstić information content (AvgIpc) is 2.33. The lowest BCUT2D eigenvalue weighted by Gasteiger charge is -2.33. The molecule has 1 aliphatic rings. The number of nitrogens with zero attached hydrogens (tertiary/aromatic N) is 1. The van der Waals surface area contributed by atoms with E-state index < -0.39 is 0 Å². The highest BCUT2D eigenvalue weighted by Gasteiger charge is 2.18. The van der Waals surface area contributed by atoms with Gasteiger partial charge in [-0.1, -0.05) is 19.3 Å². The normalized spacial score (nSPS) is 17.3. The molecule has 1 aromatic carbocycles. The first-order chi connectivity index (χ1) is 7.68. The van der Waals surface area contributed by atoms with Gasteiger partial charge in [-0.3, -0.25) is 0 Å². The summed E-state index contributed by atoms with van der Waals surface area (Å²) in [6.45, 7) is 0. The molecular formula is C13H21N3. The first-order valence-corrected chi connectivity index (χ1v) is 6.06. The Morgan fingerprint density at radius 2 is 1.75 bits per heavy atom. The molecule has 3 heteroatoms. The maximum absolute atomic E-state index is 5.84. The SMILES string of the molecule is CN(c1ccc(N)c(N)c1)C1CCCCC1. The summed E-state index contributed by atoms with van der Waals surface area (Å²) in [6.07, 6.45) is 6.66. The predicted molar refractivity (Wildman–Crippen MR) is 70.5 cm³/mol. The van der Waals surface area contributed by atoms with E-state index in [1.54, 1.807) is 0 Å². The second-order valence-corrected chi connectivity index (χ2v) is 4.72. The Morgan fingerprint density at radius 3 is 2.38 bits per heavy atom. The molecule has 4 N–H and O–H groups in total. The van der Waals surface area contributed by atoms with Crippen molar-refractivity contribution in [3.63, 3.8) is 0 Å². The molecule has 16 heavy (non-hydrogen) atoms. The molecule has 1 aliphatic carbocycles. The van der Waals surface area contributed by atoms with Crippen LogP contribution in [0.5, 0.6) is 0 Å². The zero-order valence-corrected chi connectivity index (χ0v) is 9.95. The fourth-order valence-corrected chi connectivity index (χ4v) is 2.46. The van der Waals surface area contributed by atoms with Gasteiger partial charge in [0, 0.05) is 18.8 Å². The van der Waals surface area contributed by atoms with E-state index in [2.05, 4.69) is 18.0 Å². The van der Waals surface area contributed by atoms with Crippen LogP contribution < -0.4 is 16.4 Å². The number of anilines is 3. The molecule has 0 saturated heterocycles. The molecule has 2 rings (SSSR count). The van der Waals surface area contributed by atoms with Crippen LogP contribution in [0.2, 0.25) is 0 Å². The molecule has 3 nitrogen and oxygen atoms in total. The van der Waals surface area contributed by atoms with Crippen molar-refractivity contribution in [1.82, 2.24) is 0 Å². The van der Waals surface area contributed by atoms with E-state index in [9.17, 15) is 0 Å². The Morgan fingerprint density at radius 1 is 1.06 bits per heavy atom. The molecule has 0 spiro atoms. The topological polar surface area (TPSA) is 55.3 Å². The Kier molecular flexibility index (Phi) is 3.22. The Balaban J connectivity index is 2.12. The van der Waals surface area contributed by atoms with Gasteiger partial charge in [-0.25, -0.2) is 0 Å². The molecular weight excluding hydrogens is 198 g/mol. The summed E-state index contributed by atoms with van der Waals surface area (Å²) in [5, 5.41) is 0. The van der Waals surface area contributed by atoms with Crippen LogP contribution in [0.15, 0.2) is 18.2 Å². The van der Waals surface area contributed by atoms with E-state index >= 15 is 0 Å². The van der Waals surface area contributed by atoms with Crippen LogP contribution in [0.3, 0.4) is 0 Å². The summed E-state index contributed by atoms with van der Waals surface area (Å²) in [5.74, 6) is 0. The van der Waals surface area contributed by atoms with Crippen molar-refractivity contribution in [1.29, 1.82) is 0 Å². The van der Waals surface area contributed by atoms with Crippen molar-refractivity contribution in [3.05, 3.63) is 18.2 Å². The van der Waals surface area contributed by atoms with Gasteiger partial charge in [0.15, 0.2) is 0 Å². The quantitative estimate of drug-likeness (QED) is 0.752. The maximum Gasteiger partial charge on any atom is 0.0568 e. The molecule has 0 amide bonds. The summed E-state index contributed by atoms with van der Waals surface area (Å²) < 4.78 is 0. The van der Waals surface area contributed by atoms with Gasteiger partial charge >= 0.3 is 0 Å². The molecule has 0 atom stereocenters. The highest BCUT2D eigenvalue weighted by molar-refractivity contribution is 5.69. The van der Waals surface area contributed by atoms with E-state index in [4.69, 9.17) is 11.5 Å². The zero-order valence-electron chi connectivity index (χ0n) is 9.95. The lowest BCUT2D eigenvalue weighted by molar-refractivity contribution is 0.427. The van der Waals surface area contributed by atoms with Crippen LogP contribution in [-0.2, 0) is 0 Å². The van der Waals surface area contributed by atoms with Crippen LogP contribution in [-0.4, -0.2) is 13.1 Å². The van der Waals surface area contributed by atoms with Gasteiger partial charge in [-0.15, -0.1) is 0 Å². The molecule has 0 aliphatic heterocycles. The van der Waals surface area contributed by atoms with Crippen LogP contribution >= 0.6 is 0 Å². The van der Waals surface area contributed by atoms with E-state index in [0.29, 0.717) is 17.4 Å². The molecule has 0 unspecified atom stereocenters. The number of nitrogen functional groups attached to an aromatic ring is 2. The summed E-state index contributed by atoms with van der Waals surface area (Å²) in [4.78, 5) is 2.34. The summed E-state index contributed by atoms with van der Waals surface area (Å²) in [5.41, 5.74) is 14.1. The predicted octanol–water partition coefficient (Wildman–Crippen LogP) is 2.62. The van der Waals surface area contributed by atoms with E-state index in [1.165, 1.54) is 37.8 Å². The van der Waals surface area contributed by atoms with E-state index in [0.717, 1.165) is 0 Å². The third-order valence-corrected chi connectivity index (χ3v) is 3.60. The molecule has 0 radical (unpaired) electrons. The monoisotopic (exact) mass is 219 g/mol. The van der Waals surface area contributed by atoms with Crippen LogP contribution in [0.4, 0.5) is 17.1 Å². The lowest BCUT2D eigenvalue weighted by Crippen LogP contribution is -2.33. The van der Waals surface area contributed by atoms with E-state index in [-0.39, 0.29) is 0 Å². The number of hydrogen-bond donors (Lipinski definition) is 2. The zero-order chi connectivity index (χ0) is 11.5. The molecule has 88 valence electrons. The molecule has 1 fully saturated rings. The molecule has 0 bridgehead atoms. The van der Waals surface area contributed by atoms with Gasteiger partial charge in [0.05, 0.1) is 11.4 Å². The number of nitrogens with two attached hydrogens (primary N) is 2.